The summed E-state index contributed by atoms with van der Waals surface area (Å²) in [6, 6.07) is 3.56. The predicted molar refractivity (Wildman–Crippen MR) is 78.2 cm³/mol. The molecule has 0 saturated heterocycles. The van der Waals surface area contributed by atoms with E-state index in [1.165, 1.54) is 0 Å². The quantitative estimate of drug-likeness (QED) is 0.921. The van der Waals surface area contributed by atoms with Gasteiger partial charge >= 0.3 is 0 Å². The number of methoxy groups -OCH3 is 2. The Kier molecular flexibility index (Phi) is 6.27. The average molecular weight is 294 g/mol. The summed E-state index contributed by atoms with van der Waals surface area (Å²) in [4.78, 5) is 0. The summed E-state index contributed by atoms with van der Waals surface area (Å²) in [6.07, 6.45) is 0. The van der Waals surface area contributed by atoms with Crippen molar-refractivity contribution in [3.05, 3.63) is 22.7 Å². The zero-order valence-corrected chi connectivity index (χ0v) is 13.0. The Labute approximate surface area is 120 Å². The van der Waals surface area contributed by atoms with Crippen LogP contribution in [0.25, 0.3) is 0 Å². The Morgan fingerprint density at radius 1 is 1.17 bits per heavy atom. The van der Waals surface area contributed by atoms with E-state index >= 15 is 0 Å². The molecule has 0 bridgehead atoms. The molecule has 0 spiro atoms. The summed E-state index contributed by atoms with van der Waals surface area (Å²) in [7, 11) is 3.15. The Balaban J connectivity index is 0.00000289. The molecule has 0 heterocycles. The number of rotatable bonds is 3. The topological polar surface area (TPSA) is 44.5 Å². The molecule has 3 nitrogen and oxygen atoms in total. The van der Waals surface area contributed by atoms with Crippen LogP contribution in [0, 0.1) is 5.41 Å². The minimum Gasteiger partial charge on any atom is -0.493 e. The van der Waals surface area contributed by atoms with E-state index in [1.807, 2.05) is 12.1 Å². The van der Waals surface area contributed by atoms with Crippen LogP contribution in [0.1, 0.15) is 32.4 Å². The molecule has 5 heteroatoms. The second-order valence-electron chi connectivity index (χ2n) is 5.05. The zero-order valence-electron chi connectivity index (χ0n) is 11.4. The van der Waals surface area contributed by atoms with Crippen molar-refractivity contribution in [2.45, 2.75) is 26.8 Å². The van der Waals surface area contributed by atoms with Gasteiger partial charge in [-0.2, -0.15) is 0 Å². The van der Waals surface area contributed by atoms with Crippen molar-refractivity contribution >= 4 is 24.0 Å². The molecular formula is C13H21Cl2NO2. The molecule has 1 rings (SSSR count). The van der Waals surface area contributed by atoms with Gasteiger partial charge in [0.2, 0.25) is 0 Å². The summed E-state index contributed by atoms with van der Waals surface area (Å²) in [5, 5.41) is 0.522. The standard InChI is InChI=1S/C13H20ClNO2.ClH/c1-13(2,3)12(15)8-6-7-9(16-4)11(17-5)10(8)14;/h6-7,12H,15H2,1-5H3;1H/t12-;/m1./s1. The number of hydrogen-bond donors (Lipinski definition) is 1. The minimum atomic E-state index is -0.158. The molecule has 0 radical (unpaired) electrons. The van der Waals surface area contributed by atoms with Crippen LogP contribution in [-0.4, -0.2) is 14.2 Å². The Bertz CT molecular complexity index is 403. The van der Waals surface area contributed by atoms with E-state index in [2.05, 4.69) is 20.8 Å². The van der Waals surface area contributed by atoms with Gasteiger partial charge in [-0.25, -0.2) is 0 Å². The molecule has 1 aromatic rings. The molecule has 0 aliphatic rings. The van der Waals surface area contributed by atoms with Gasteiger partial charge in [0, 0.05) is 6.04 Å². The summed E-state index contributed by atoms with van der Waals surface area (Å²) in [6.45, 7) is 6.22. The fourth-order valence-corrected chi connectivity index (χ4v) is 1.96. The van der Waals surface area contributed by atoms with Crippen molar-refractivity contribution in [3.8, 4) is 11.5 Å². The second kappa shape index (κ2) is 6.50. The van der Waals surface area contributed by atoms with Crippen LogP contribution in [-0.2, 0) is 0 Å². The summed E-state index contributed by atoms with van der Waals surface area (Å²) >= 11 is 6.31. The Morgan fingerprint density at radius 2 is 1.72 bits per heavy atom. The molecule has 0 fully saturated rings. The van der Waals surface area contributed by atoms with Gasteiger partial charge in [0.1, 0.15) is 0 Å². The van der Waals surface area contributed by atoms with Gasteiger partial charge in [-0.1, -0.05) is 38.4 Å². The number of ether oxygens (including phenoxy) is 2. The Morgan fingerprint density at radius 3 is 2.11 bits per heavy atom. The van der Waals surface area contributed by atoms with Crippen LogP contribution in [0.3, 0.4) is 0 Å². The summed E-state index contributed by atoms with van der Waals surface area (Å²) < 4.78 is 10.4. The van der Waals surface area contributed by atoms with E-state index in [0.29, 0.717) is 16.5 Å². The first-order valence-electron chi connectivity index (χ1n) is 5.49. The van der Waals surface area contributed by atoms with E-state index < -0.39 is 0 Å². The van der Waals surface area contributed by atoms with Crippen LogP contribution in [0.5, 0.6) is 11.5 Å². The first-order valence-corrected chi connectivity index (χ1v) is 5.86. The van der Waals surface area contributed by atoms with Gasteiger partial charge < -0.3 is 15.2 Å². The second-order valence-corrected chi connectivity index (χ2v) is 5.43. The van der Waals surface area contributed by atoms with Gasteiger partial charge in [0.15, 0.2) is 11.5 Å². The monoisotopic (exact) mass is 293 g/mol. The van der Waals surface area contributed by atoms with Crippen molar-refractivity contribution < 1.29 is 9.47 Å². The lowest BCUT2D eigenvalue weighted by Gasteiger charge is -2.28. The number of benzene rings is 1. The third-order valence-electron chi connectivity index (χ3n) is 2.78. The average Bonchev–Trinajstić information content (AvgIpc) is 2.26. The SMILES string of the molecule is COc1ccc([C@@H](N)C(C)(C)C)c(Cl)c1OC.Cl. The molecule has 0 aromatic heterocycles. The Hall–Kier alpha value is -0.640. The molecule has 18 heavy (non-hydrogen) atoms. The molecule has 0 saturated carbocycles. The van der Waals surface area contributed by atoms with Crippen LogP contribution >= 0.6 is 24.0 Å². The van der Waals surface area contributed by atoms with E-state index in [0.717, 1.165) is 5.56 Å². The first kappa shape index (κ1) is 17.4. The van der Waals surface area contributed by atoms with Crippen LogP contribution < -0.4 is 15.2 Å². The number of hydrogen-bond acceptors (Lipinski definition) is 3. The smallest absolute Gasteiger partial charge is 0.179 e. The van der Waals surface area contributed by atoms with Crippen LogP contribution in [0.2, 0.25) is 5.02 Å². The molecule has 0 unspecified atom stereocenters. The van der Waals surface area contributed by atoms with E-state index in [4.69, 9.17) is 26.8 Å². The predicted octanol–water partition coefficient (Wildman–Crippen LogP) is 3.82. The third-order valence-corrected chi connectivity index (χ3v) is 3.17. The summed E-state index contributed by atoms with van der Waals surface area (Å²) in [5.41, 5.74) is 7.01. The molecular weight excluding hydrogens is 273 g/mol. The fraction of sp³-hybridized carbons (Fsp3) is 0.538. The lowest BCUT2D eigenvalue weighted by molar-refractivity contribution is 0.322. The van der Waals surface area contributed by atoms with Crippen molar-refractivity contribution in [1.29, 1.82) is 0 Å². The lowest BCUT2D eigenvalue weighted by atomic mass is 9.83. The maximum absolute atomic E-state index is 6.31. The van der Waals surface area contributed by atoms with Crippen molar-refractivity contribution in [3.63, 3.8) is 0 Å². The maximum Gasteiger partial charge on any atom is 0.179 e. The molecule has 0 aliphatic carbocycles. The number of halogens is 2. The minimum absolute atomic E-state index is 0. The third kappa shape index (κ3) is 3.44. The number of nitrogens with two attached hydrogens (primary N) is 1. The van der Waals surface area contributed by atoms with E-state index in [9.17, 15) is 0 Å². The van der Waals surface area contributed by atoms with Gasteiger partial charge in [-0.05, 0) is 17.0 Å². The van der Waals surface area contributed by atoms with E-state index in [-0.39, 0.29) is 23.9 Å². The summed E-state index contributed by atoms with van der Waals surface area (Å²) in [5.74, 6) is 1.15. The molecule has 0 aliphatic heterocycles. The molecule has 1 aromatic carbocycles. The van der Waals surface area contributed by atoms with E-state index in [1.54, 1.807) is 14.2 Å². The first-order chi connectivity index (χ1) is 7.82. The molecule has 1 atom stereocenters. The zero-order chi connectivity index (χ0) is 13.2. The van der Waals surface area contributed by atoms with Crippen molar-refractivity contribution in [1.82, 2.24) is 0 Å². The van der Waals surface area contributed by atoms with Crippen LogP contribution in [0.15, 0.2) is 12.1 Å². The highest BCUT2D eigenvalue weighted by Gasteiger charge is 2.26. The largest absolute Gasteiger partial charge is 0.493 e. The van der Waals surface area contributed by atoms with Crippen LogP contribution in [0.4, 0.5) is 0 Å². The molecule has 104 valence electrons. The van der Waals surface area contributed by atoms with Gasteiger partial charge in [0.05, 0.1) is 19.2 Å². The molecule has 2 N–H and O–H groups in total. The highest BCUT2D eigenvalue weighted by molar-refractivity contribution is 6.33. The van der Waals surface area contributed by atoms with Crippen molar-refractivity contribution in [2.75, 3.05) is 14.2 Å². The van der Waals surface area contributed by atoms with Gasteiger partial charge in [0.25, 0.3) is 0 Å². The maximum atomic E-state index is 6.31. The van der Waals surface area contributed by atoms with Crippen molar-refractivity contribution in [2.24, 2.45) is 11.1 Å². The molecule has 0 amide bonds. The van der Waals surface area contributed by atoms with Gasteiger partial charge in [-0.15, -0.1) is 12.4 Å². The highest BCUT2D eigenvalue weighted by atomic mass is 35.5. The fourth-order valence-electron chi connectivity index (χ4n) is 1.61. The normalized spacial score (nSPS) is 12.6. The highest BCUT2D eigenvalue weighted by Crippen LogP contribution is 2.42. The van der Waals surface area contributed by atoms with Gasteiger partial charge in [-0.3, -0.25) is 0 Å². The lowest BCUT2D eigenvalue weighted by Crippen LogP contribution is -2.26.